The molecule has 0 spiro atoms. The molecule has 1 aliphatic rings. The van der Waals surface area contributed by atoms with E-state index in [1.807, 2.05) is 7.05 Å². The molecule has 102 valence electrons. The van der Waals surface area contributed by atoms with E-state index >= 15 is 0 Å². The van der Waals surface area contributed by atoms with E-state index in [-0.39, 0.29) is 0 Å². The molecule has 3 nitrogen and oxygen atoms in total. The van der Waals surface area contributed by atoms with Crippen LogP contribution in [0.3, 0.4) is 0 Å². The fourth-order valence-corrected chi connectivity index (χ4v) is 2.57. The van der Waals surface area contributed by atoms with Gasteiger partial charge in [0.15, 0.2) is 0 Å². The third-order valence-electron chi connectivity index (χ3n) is 4.17. The van der Waals surface area contributed by atoms with E-state index < -0.39 is 0 Å². The maximum atomic E-state index is 5.69. The molecule has 0 bridgehead atoms. The highest BCUT2D eigenvalue weighted by Crippen LogP contribution is 2.24. The van der Waals surface area contributed by atoms with Crippen molar-refractivity contribution in [3.8, 4) is 0 Å². The van der Waals surface area contributed by atoms with Crippen LogP contribution in [0.5, 0.6) is 0 Å². The van der Waals surface area contributed by atoms with Crippen LogP contribution in [-0.2, 0) is 4.74 Å². The zero-order valence-electron chi connectivity index (χ0n) is 12.3. The summed E-state index contributed by atoms with van der Waals surface area (Å²) in [6, 6.07) is 0.548. The van der Waals surface area contributed by atoms with Crippen molar-refractivity contribution in [2.24, 2.45) is 5.41 Å². The molecule has 0 radical (unpaired) electrons. The minimum atomic E-state index is 0.327. The highest BCUT2D eigenvalue weighted by atomic mass is 16.5. The molecule has 1 heterocycles. The Kier molecular flexibility index (Phi) is 5.90. The first-order valence-electron chi connectivity index (χ1n) is 7.00. The van der Waals surface area contributed by atoms with Crippen molar-refractivity contribution in [1.82, 2.24) is 10.2 Å². The molecule has 0 saturated carbocycles. The Morgan fingerprint density at radius 3 is 2.41 bits per heavy atom. The van der Waals surface area contributed by atoms with E-state index in [1.165, 1.54) is 32.5 Å². The van der Waals surface area contributed by atoms with Crippen LogP contribution in [0.2, 0.25) is 0 Å². The van der Waals surface area contributed by atoms with Gasteiger partial charge in [0.05, 0.1) is 6.10 Å². The lowest BCUT2D eigenvalue weighted by atomic mass is 9.84. The Morgan fingerprint density at radius 2 is 1.94 bits per heavy atom. The van der Waals surface area contributed by atoms with Crippen molar-refractivity contribution in [1.29, 1.82) is 0 Å². The predicted molar refractivity (Wildman–Crippen MR) is 73.4 cm³/mol. The van der Waals surface area contributed by atoms with Crippen LogP contribution in [0, 0.1) is 5.41 Å². The highest BCUT2D eigenvalue weighted by molar-refractivity contribution is 4.85. The number of ether oxygens (including phenoxy) is 1. The summed E-state index contributed by atoms with van der Waals surface area (Å²) < 4.78 is 5.69. The zero-order chi connectivity index (χ0) is 12.9. The first-order chi connectivity index (χ1) is 7.99. The summed E-state index contributed by atoms with van der Waals surface area (Å²) in [6.45, 7) is 13.5. The summed E-state index contributed by atoms with van der Waals surface area (Å²) in [5.41, 5.74) is 0.327. The zero-order valence-corrected chi connectivity index (χ0v) is 12.3. The summed E-state index contributed by atoms with van der Waals surface area (Å²) >= 11 is 0. The molecular formula is C14H30N2O. The molecule has 0 aromatic heterocycles. The SMILES string of the molecule is CCOC1CCN(CC(C)(C)C(C)NC)CC1. The molecule has 1 unspecified atom stereocenters. The molecule has 17 heavy (non-hydrogen) atoms. The molecule has 0 amide bonds. The summed E-state index contributed by atoms with van der Waals surface area (Å²) in [5, 5.41) is 3.37. The smallest absolute Gasteiger partial charge is 0.0599 e. The van der Waals surface area contributed by atoms with Crippen molar-refractivity contribution in [3.05, 3.63) is 0 Å². The van der Waals surface area contributed by atoms with Gasteiger partial charge in [-0.15, -0.1) is 0 Å². The van der Waals surface area contributed by atoms with Gasteiger partial charge in [-0.1, -0.05) is 13.8 Å². The van der Waals surface area contributed by atoms with Gasteiger partial charge >= 0.3 is 0 Å². The number of hydrogen-bond acceptors (Lipinski definition) is 3. The predicted octanol–water partition coefficient (Wildman–Crippen LogP) is 2.12. The number of rotatable bonds is 6. The minimum absolute atomic E-state index is 0.327. The van der Waals surface area contributed by atoms with Crippen LogP contribution in [0.25, 0.3) is 0 Å². The van der Waals surface area contributed by atoms with Crippen LogP contribution in [0.15, 0.2) is 0 Å². The van der Waals surface area contributed by atoms with Crippen molar-refractivity contribution in [2.75, 3.05) is 33.3 Å². The molecule has 3 heteroatoms. The van der Waals surface area contributed by atoms with Gasteiger partial charge in [0.2, 0.25) is 0 Å². The maximum absolute atomic E-state index is 5.69. The van der Waals surface area contributed by atoms with Gasteiger partial charge < -0.3 is 15.0 Å². The van der Waals surface area contributed by atoms with Crippen LogP contribution in [0.4, 0.5) is 0 Å². The second-order valence-corrected chi connectivity index (χ2v) is 5.93. The van der Waals surface area contributed by atoms with Crippen LogP contribution in [-0.4, -0.2) is 50.3 Å². The molecule has 1 N–H and O–H groups in total. The Labute approximate surface area is 107 Å². The second kappa shape index (κ2) is 6.72. The molecule has 0 aromatic rings. The molecule has 1 atom stereocenters. The Balaban J connectivity index is 2.34. The standard InChI is InChI=1S/C14H30N2O/c1-6-17-13-7-9-16(10-8-13)11-14(3,4)12(2)15-5/h12-13,15H,6-11H2,1-5H3. The quantitative estimate of drug-likeness (QED) is 0.772. The number of nitrogens with one attached hydrogen (secondary N) is 1. The molecule has 1 aliphatic heterocycles. The number of nitrogens with zero attached hydrogens (tertiary/aromatic N) is 1. The fraction of sp³-hybridized carbons (Fsp3) is 1.00. The summed E-state index contributed by atoms with van der Waals surface area (Å²) in [4.78, 5) is 2.59. The van der Waals surface area contributed by atoms with Crippen LogP contribution >= 0.6 is 0 Å². The summed E-state index contributed by atoms with van der Waals surface area (Å²) in [5.74, 6) is 0. The average molecular weight is 242 g/mol. The Bertz CT molecular complexity index is 210. The fourth-order valence-electron chi connectivity index (χ4n) is 2.57. The first-order valence-corrected chi connectivity index (χ1v) is 7.00. The van der Waals surface area contributed by atoms with Gasteiger partial charge in [0, 0.05) is 32.3 Å². The first kappa shape index (κ1) is 14.9. The van der Waals surface area contributed by atoms with Crippen molar-refractivity contribution in [3.63, 3.8) is 0 Å². The van der Waals surface area contributed by atoms with Gasteiger partial charge in [0.1, 0.15) is 0 Å². The second-order valence-electron chi connectivity index (χ2n) is 5.93. The third kappa shape index (κ3) is 4.57. The number of likely N-dealkylation sites (tertiary alicyclic amines) is 1. The van der Waals surface area contributed by atoms with Crippen molar-refractivity contribution >= 4 is 0 Å². The normalized spacial score (nSPS) is 21.7. The van der Waals surface area contributed by atoms with Crippen LogP contribution < -0.4 is 5.32 Å². The minimum Gasteiger partial charge on any atom is -0.378 e. The molecule has 0 aliphatic carbocycles. The van der Waals surface area contributed by atoms with E-state index in [9.17, 15) is 0 Å². The monoisotopic (exact) mass is 242 g/mol. The van der Waals surface area contributed by atoms with E-state index in [0.29, 0.717) is 17.6 Å². The van der Waals surface area contributed by atoms with Crippen molar-refractivity contribution in [2.45, 2.75) is 52.7 Å². The largest absolute Gasteiger partial charge is 0.378 e. The highest BCUT2D eigenvalue weighted by Gasteiger charge is 2.29. The molecule has 1 rings (SSSR count). The lowest BCUT2D eigenvalue weighted by Gasteiger charge is -2.40. The lowest BCUT2D eigenvalue weighted by Crippen LogP contribution is -2.48. The van der Waals surface area contributed by atoms with Crippen molar-refractivity contribution < 1.29 is 4.74 Å². The van der Waals surface area contributed by atoms with Gasteiger partial charge in [-0.2, -0.15) is 0 Å². The Hall–Kier alpha value is -0.120. The van der Waals surface area contributed by atoms with Gasteiger partial charge in [-0.05, 0) is 39.2 Å². The van der Waals surface area contributed by atoms with Gasteiger partial charge in [0.25, 0.3) is 0 Å². The molecule has 1 saturated heterocycles. The Morgan fingerprint density at radius 1 is 1.35 bits per heavy atom. The van der Waals surface area contributed by atoms with Gasteiger partial charge in [-0.3, -0.25) is 0 Å². The van der Waals surface area contributed by atoms with Gasteiger partial charge in [-0.25, -0.2) is 0 Å². The van der Waals surface area contributed by atoms with E-state index in [4.69, 9.17) is 4.74 Å². The average Bonchev–Trinajstić information content (AvgIpc) is 2.30. The molecule has 0 aromatic carbocycles. The van der Waals surface area contributed by atoms with E-state index in [2.05, 4.69) is 37.9 Å². The van der Waals surface area contributed by atoms with E-state index in [1.54, 1.807) is 0 Å². The molecular weight excluding hydrogens is 212 g/mol. The lowest BCUT2D eigenvalue weighted by molar-refractivity contribution is 0.00422. The van der Waals surface area contributed by atoms with Crippen LogP contribution in [0.1, 0.15) is 40.5 Å². The molecule has 1 fully saturated rings. The number of hydrogen-bond donors (Lipinski definition) is 1. The summed E-state index contributed by atoms with van der Waals surface area (Å²) in [6.07, 6.45) is 2.89. The maximum Gasteiger partial charge on any atom is 0.0599 e. The number of piperidine rings is 1. The topological polar surface area (TPSA) is 24.5 Å². The van der Waals surface area contributed by atoms with E-state index in [0.717, 1.165) is 6.61 Å². The summed E-state index contributed by atoms with van der Waals surface area (Å²) in [7, 11) is 2.05. The third-order valence-corrected chi connectivity index (χ3v) is 4.17.